The Balaban J connectivity index is 2.19. The van der Waals surface area contributed by atoms with Crippen LogP contribution in [0, 0.1) is 6.92 Å². The van der Waals surface area contributed by atoms with Gasteiger partial charge in [0.25, 0.3) is 0 Å². The maximum atomic E-state index is 12.8. The van der Waals surface area contributed by atoms with Crippen molar-refractivity contribution in [1.82, 2.24) is 4.57 Å². The summed E-state index contributed by atoms with van der Waals surface area (Å²) < 4.78 is 2.27. The quantitative estimate of drug-likeness (QED) is 0.639. The molecule has 0 fully saturated rings. The highest BCUT2D eigenvalue weighted by Gasteiger charge is 2.21. The van der Waals surface area contributed by atoms with Gasteiger partial charge in [0.05, 0.1) is 5.56 Å². The topological polar surface area (TPSA) is 22.0 Å². The van der Waals surface area contributed by atoms with E-state index in [2.05, 4.69) is 29.9 Å². The zero-order valence-corrected chi connectivity index (χ0v) is 12.5. The van der Waals surface area contributed by atoms with Crippen molar-refractivity contribution in [2.45, 2.75) is 26.8 Å². The molecule has 0 N–H and O–H groups in total. The lowest BCUT2D eigenvalue weighted by Gasteiger charge is -2.06. The Morgan fingerprint density at radius 3 is 2.65 bits per heavy atom. The number of ketones is 1. The normalized spacial score (nSPS) is 11.1. The Morgan fingerprint density at radius 1 is 1.20 bits per heavy atom. The van der Waals surface area contributed by atoms with Crippen LogP contribution in [0.4, 0.5) is 0 Å². The summed E-state index contributed by atoms with van der Waals surface area (Å²) in [5.74, 6) is 0.126. The lowest BCUT2D eigenvalue weighted by molar-refractivity contribution is 0.103. The van der Waals surface area contributed by atoms with Crippen molar-refractivity contribution in [2.24, 2.45) is 0 Å². The first-order valence-corrected chi connectivity index (χ1v) is 7.78. The molecule has 0 atom stereocenters. The highest BCUT2D eigenvalue weighted by Crippen LogP contribution is 2.32. The molecule has 0 spiro atoms. The second-order valence-electron chi connectivity index (χ2n) is 4.95. The number of benzene rings is 1. The van der Waals surface area contributed by atoms with Crippen LogP contribution in [0.25, 0.3) is 10.2 Å². The fourth-order valence-corrected chi connectivity index (χ4v) is 3.68. The molecular weight excluding hydrogens is 266 g/mol. The van der Waals surface area contributed by atoms with Crippen LogP contribution >= 0.6 is 11.3 Å². The van der Waals surface area contributed by atoms with Gasteiger partial charge < -0.3 is 4.57 Å². The number of aryl methyl sites for hydroxylation is 1. The van der Waals surface area contributed by atoms with Crippen LogP contribution in [0.15, 0.2) is 41.8 Å². The van der Waals surface area contributed by atoms with Gasteiger partial charge in [-0.1, -0.05) is 37.3 Å². The maximum Gasteiger partial charge on any atom is 0.195 e. The molecule has 0 radical (unpaired) electrons. The monoisotopic (exact) mass is 283 g/mol. The molecule has 2 aromatic heterocycles. The van der Waals surface area contributed by atoms with Crippen LogP contribution in [-0.2, 0) is 6.54 Å². The Bertz CT molecular complexity index is 752. The van der Waals surface area contributed by atoms with E-state index in [1.165, 1.54) is 4.83 Å². The zero-order chi connectivity index (χ0) is 14.1. The van der Waals surface area contributed by atoms with Crippen LogP contribution in [0.5, 0.6) is 0 Å². The van der Waals surface area contributed by atoms with Crippen molar-refractivity contribution in [3.63, 3.8) is 0 Å². The van der Waals surface area contributed by atoms with Gasteiger partial charge in [-0.3, -0.25) is 4.79 Å². The van der Waals surface area contributed by atoms with Gasteiger partial charge in [0.15, 0.2) is 5.78 Å². The Kier molecular flexibility index (Phi) is 3.45. The van der Waals surface area contributed by atoms with Crippen LogP contribution < -0.4 is 0 Å². The predicted octanol–water partition coefficient (Wildman–Crippen LogP) is 4.65. The Labute approximate surface area is 122 Å². The highest BCUT2D eigenvalue weighted by atomic mass is 32.1. The van der Waals surface area contributed by atoms with Crippen molar-refractivity contribution >= 4 is 27.3 Å². The number of nitrogens with zero attached hydrogens (tertiary/aromatic N) is 1. The second kappa shape index (κ2) is 5.25. The minimum absolute atomic E-state index is 0.126. The Hall–Kier alpha value is -1.87. The molecule has 0 unspecified atom stereocenters. The van der Waals surface area contributed by atoms with Crippen molar-refractivity contribution in [3.05, 3.63) is 58.6 Å². The summed E-state index contributed by atoms with van der Waals surface area (Å²) in [5, 5.41) is 3.16. The van der Waals surface area contributed by atoms with Gasteiger partial charge in [-0.2, -0.15) is 0 Å². The average Bonchev–Trinajstić information content (AvgIpc) is 3.02. The summed E-state index contributed by atoms with van der Waals surface area (Å²) in [6, 6.07) is 11.6. The molecule has 2 heterocycles. The van der Waals surface area contributed by atoms with E-state index in [1.54, 1.807) is 11.3 Å². The number of fused-ring (bicyclic) bond motifs is 1. The standard InChI is InChI=1S/C17H17NOS/c1-3-10-18-12(2)15(14-9-11-20-17(14)18)16(19)13-7-5-4-6-8-13/h4-9,11H,3,10H2,1-2H3. The molecule has 0 aliphatic rings. The smallest absolute Gasteiger partial charge is 0.195 e. The van der Waals surface area contributed by atoms with E-state index in [9.17, 15) is 4.79 Å². The van der Waals surface area contributed by atoms with Crippen LogP contribution in [0.3, 0.4) is 0 Å². The fourth-order valence-electron chi connectivity index (χ4n) is 2.70. The van der Waals surface area contributed by atoms with Gasteiger partial charge in [0, 0.05) is 23.2 Å². The molecule has 0 aliphatic carbocycles. The SMILES string of the molecule is CCCn1c(C)c(C(=O)c2ccccc2)c2ccsc21. The summed E-state index contributed by atoms with van der Waals surface area (Å²) in [6.07, 6.45) is 1.07. The van der Waals surface area contributed by atoms with Gasteiger partial charge in [-0.25, -0.2) is 0 Å². The molecule has 2 nitrogen and oxygen atoms in total. The average molecular weight is 283 g/mol. The van der Waals surface area contributed by atoms with Gasteiger partial charge in [-0.15, -0.1) is 11.3 Å². The third kappa shape index (κ3) is 1.98. The van der Waals surface area contributed by atoms with Crippen LogP contribution in [-0.4, -0.2) is 10.4 Å². The molecule has 20 heavy (non-hydrogen) atoms. The predicted molar refractivity (Wildman–Crippen MR) is 84.7 cm³/mol. The van der Waals surface area contributed by atoms with E-state index in [-0.39, 0.29) is 5.78 Å². The molecule has 1 aromatic carbocycles. The summed E-state index contributed by atoms with van der Waals surface area (Å²) in [7, 11) is 0. The number of carbonyl (C=O) groups excluding carboxylic acids is 1. The summed E-state index contributed by atoms with van der Waals surface area (Å²) in [6.45, 7) is 5.18. The van der Waals surface area contributed by atoms with Crippen LogP contribution in [0.2, 0.25) is 0 Å². The molecule has 0 bridgehead atoms. The second-order valence-corrected chi connectivity index (χ2v) is 5.84. The largest absolute Gasteiger partial charge is 0.336 e. The maximum absolute atomic E-state index is 12.8. The van der Waals surface area contributed by atoms with E-state index < -0.39 is 0 Å². The molecule has 3 aromatic rings. The number of rotatable bonds is 4. The highest BCUT2D eigenvalue weighted by molar-refractivity contribution is 7.16. The minimum atomic E-state index is 0.126. The first-order chi connectivity index (χ1) is 9.74. The molecule has 0 saturated heterocycles. The number of hydrogen-bond acceptors (Lipinski definition) is 2. The molecule has 102 valence electrons. The van der Waals surface area contributed by atoms with Crippen LogP contribution in [0.1, 0.15) is 35.0 Å². The number of aromatic nitrogens is 1. The third-order valence-corrected chi connectivity index (χ3v) is 4.57. The van der Waals surface area contributed by atoms with E-state index in [0.29, 0.717) is 0 Å². The van der Waals surface area contributed by atoms with Gasteiger partial charge in [-0.05, 0) is 24.8 Å². The fraction of sp³-hybridized carbons (Fsp3) is 0.235. The summed E-state index contributed by atoms with van der Waals surface area (Å²) in [5.41, 5.74) is 2.71. The summed E-state index contributed by atoms with van der Waals surface area (Å²) >= 11 is 1.71. The number of carbonyl (C=O) groups is 1. The first kappa shape index (κ1) is 13.1. The molecular formula is C17H17NOS. The first-order valence-electron chi connectivity index (χ1n) is 6.90. The third-order valence-electron chi connectivity index (χ3n) is 3.64. The van der Waals surface area contributed by atoms with Crippen molar-refractivity contribution in [3.8, 4) is 0 Å². The number of thiophene rings is 1. The minimum Gasteiger partial charge on any atom is -0.336 e. The molecule has 0 amide bonds. The van der Waals surface area contributed by atoms with Crippen molar-refractivity contribution < 1.29 is 4.79 Å². The van der Waals surface area contributed by atoms with Crippen molar-refractivity contribution in [2.75, 3.05) is 0 Å². The van der Waals surface area contributed by atoms with Gasteiger partial charge >= 0.3 is 0 Å². The van der Waals surface area contributed by atoms with E-state index in [4.69, 9.17) is 0 Å². The van der Waals surface area contributed by atoms with E-state index >= 15 is 0 Å². The van der Waals surface area contributed by atoms with Gasteiger partial charge in [0.1, 0.15) is 4.83 Å². The lowest BCUT2D eigenvalue weighted by atomic mass is 10.0. The van der Waals surface area contributed by atoms with Crippen molar-refractivity contribution in [1.29, 1.82) is 0 Å². The Morgan fingerprint density at radius 2 is 1.95 bits per heavy atom. The molecule has 0 saturated carbocycles. The van der Waals surface area contributed by atoms with E-state index in [1.807, 2.05) is 30.3 Å². The van der Waals surface area contributed by atoms with Gasteiger partial charge in [0.2, 0.25) is 0 Å². The molecule has 3 heteroatoms. The molecule has 0 aliphatic heterocycles. The lowest BCUT2D eigenvalue weighted by Crippen LogP contribution is -2.05. The number of hydrogen-bond donors (Lipinski definition) is 0. The van der Waals surface area contributed by atoms with E-state index in [0.717, 1.165) is 35.2 Å². The zero-order valence-electron chi connectivity index (χ0n) is 11.7. The summed E-state index contributed by atoms with van der Waals surface area (Å²) in [4.78, 5) is 14.0. The molecule has 3 rings (SSSR count).